The van der Waals surface area contributed by atoms with E-state index in [0.29, 0.717) is 11.8 Å². The van der Waals surface area contributed by atoms with Crippen LogP contribution >= 0.6 is 11.6 Å². The number of rotatable bonds is 2. The summed E-state index contributed by atoms with van der Waals surface area (Å²) in [6, 6.07) is 4.99. The highest BCUT2D eigenvalue weighted by Gasteiger charge is 2.29. The molecule has 0 saturated heterocycles. The number of hydrogen-bond donors (Lipinski definition) is 1. The molecule has 0 aliphatic heterocycles. The zero-order valence-corrected chi connectivity index (χ0v) is 8.60. The predicted octanol–water partition coefficient (Wildman–Crippen LogP) is 2.93. The summed E-state index contributed by atoms with van der Waals surface area (Å²) in [7, 11) is 0. The maximum absolute atomic E-state index is 12.9. The molecule has 1 aliphatic carbocycles. The molecule has 2 rings (SSSR count). The molecule has 1 fully saturated rings. The summed E-state index contributed by atoms with van der Waals surface area (Å²) in [5.74, 6) is 0.829. The van der Waals surface area contributed by atoms with Crippen molar-refractivity contribution in [2.24, 2.45) is 11.7 Å². The molecule has 0 unspecified atom stereocenters. The van der Waals surface area contributed by atoms with Crippen LogP contribution in [0.25, 0.3) is 0 Å². The number of benzene rings is 1. The first kappa shape index (κ1) is 9.94. The molecule has 1 nitrogen and oxygen atoms in total. The Balaban J connectivity index is 2.08. The average Bonchev–Trinajstić information content (AvgIpc) is 2.09. The van der Waals surface area contributed by atoms with Gasteiger partial charge in [0, 0.05) is 0 Å². The second-order valence-electron chi connectivity index (χ2n) is 3.94. The van der Waals surface area contributed by atoms with Crippen molar-refractivity contribution in [1.82, 2.24) is 0 Å². The van der Waals surface area contributed by atoms with E-state index in [-0.39, 0.29) is 10.8 Å². The first-order chi connectivity index (χ1) is 6.70. The lowest BCUT2D eigenvalue weighted by Crippen LogP contribution is -2.28. The van der Waals surface area contributed by atoms with Crippen molar-refractivity contribution in [3.8, 4) is 0 Å². The Kier molecular flexibility index (Phi) is 2.75. The summed E-state index contributed by atoms with van der Waals surface area (Å²) in [5, 5.41) is 0.221. The van der Waals surface area contributed by atoms with Crippen molar-refractivity contribution in [2.45, 2.75) is 18.8 Å². The fourth-order valence-corrected chi connectivity index (χ4v) is 2.16. The molecule has 76 valence electrons. The van der Waals surface area contributed by atoms with Crippen molar-refractivity contribution in [1.29, 1.82) is 0 Å². The van der Waals surface area contributed by atoms with Crippen LogP contribution in [0.2, 0.25) is 5.02 Å². The summed E-state index contributed by atoms with van der Waals surface area (Å²) in [6.45, 7) is 0.755. The van der Waals surface area contributed by atoms with Gasteiger partial charge in [-0.2, -0.15) is 0 Å². The zero-order chi connectivity index (χ0) is 10.1. The third-order valence-corrected chi connectivity index (χ3v) is 3.27. The van der Waals surface area contributed by atoms with Gasteiger partial charge < -0.3 is 5.73 Å². The highest BCUT2D eigenvalue weighted by atomic mass is 35.5. The number of hydrogen-bond acceptors (Lipinski definition) is 1. The minimum atomic E-state index is -0.342. The molecule has 14 heavy (non-hydrogen) atoms. The van der Waals surface area contributed by atoms with Gasteiger partial charge in [-0.05, 0) is 48.9 Å². The Hall–Kier alpha value is -0.600. The van der Waals surface area contributed by atoms with Gasteiger partial charge in [-0.15, -0.1) is 0 Å². The van der Waals surface area contributed by atoms with E-state index >= 15 is 0 Å². The minimum absolute atomic E-state index is 0.221. The highest BCUT2D eigenvalue weighted by molar-refractivity contribution is 6.30. The van der Waals surface area contributed by atoms with Crippen LogP contribution in [0.15, 0.2) is 18.2 Å². The second kappa shape index (κ2) is 3.87. The number of nitrogens with two attached hydrogens (primary N) is 1. The maximum atomic E-state index is 12.9. The molecule has 1 aliphatic rings. The lowest BCUT2D eigenvalue weighted by Gasteiger charge is -2.34. The molecule has 1 aromatic carbocycles. The standard InChI is InChI=1S/C11H13ClFN/c12-10-5-8(1-2-11(10)13)9-3-7(4-9)6-14/h1-2,5,7,9H,3-4,6,14H2. The molecule has 0 atom stereocenters. The van der Waals surface area contributed by atoms with Crippen molar-refractivity contribution < 1.29 is 4.39 Å². The van der Waals surface area contributed by atoms with Crippen LogP contribution in [-0.4, -0.2) is 6.54 Å². The highest BCUT2D eigenvalue weighted by Crippen LogP contribution is 2.41. The predicted molar refractivity (Wildman–Crippen MR) is 55.9 cm³/mol. The zero-order valence-electron chi connectivity index (χ0n) is 7.84. The fourth-order valence-electron chi connectivity index (χ4n) is 1.97. The van der Waals surface area contributed by atoms with Crippen molar-refractivity contribution in [3.05, 3.63) is 34.6 Å². The molecular formula is C11H13ClFN. The summed E-state index contributed by atoms with van der Waals surface area (Å²) < 4.78 is 12.9. The van der Waals surface area contributed by atoms with Crippen LogP contribution in [0.1, 0.15) is 24.3 Å². The molecule has 0 amide bonds. The molecule has 0 bridgehead atoms. The van der Waals surface area contributed by atoms with Crippen LogP contribution in [0.5, 0.6) is 0 Å². The monoisotopic (exact) mass is 213 g/mol. The molecule has 0 aromatic heterocycles. The smallest absolute Gasteiger partial charge is 0.141 e. The Morgan fingerprint density at radius 1 is 1.43 bits per heavy atom. The van der Waals surface area contributed by atoms with E-state index in [9.17, 15) is 4.39 Å². The van der Waals surface area contributed by atoms with E-state index in [1.165, 1.54) is 6.07 Å². The molecular weight excluding hydrogens is 201 g/mol. The molecule has 0 spiro atoms. The Morgan fingerprint density at radius 3 is 2.71 bits per heavy atom. The van der Waals surface area contributed by atoms with Crippen LogP contribution in [0.3, 0.4) is 0 Å². The summed E-state index contributed by atoms with van der Waals surface area (Å²) >= 11 is 5.71. The van der Waals surface area contributed by atoms with Gasteiger partial charge in [0.1, 0.15) is 5.82 Å². The van der Waals surface area contributed by atoms with E-state index in [2.05, 4.69) is 0 Å². The fraction of sp³-hybridized carbons (Fsp3) is 0.455. The SMILES string of the molecule is NCC1CC(c2ccc(F)c(Cl)c2)C1. The second-order valence-corrected chi connectivity index (χ2v) is 4.35. The van der Waals surface area contributed by atoms with Crippen LogP contribution in [0.4, 0.5) is 4.39 Å². The van der Waals surface area contributed by atoms with E-state index in [0.717, 1.165) is 24.9 Å². The summed E-state index contributed by atoms with van der Waals surface area (Å²) in [4.78, 5) is 0. The third kappa shape index (κ3) is 1.77. The molecule has 0 heterocycles. The molecule has 1 aromatic rings. The van der Waals surface area contributed by atoms with Crippen molar-refractivity contribution >= 4 is 11.6 Å². The lowest BCUT2D eigenvalue weighted by atomic mass is 9.71. The number of halogens is 2. The minimum Gasteiger partial charge on any atom is -0.330 e. The van der Waals surface area contributed by atoms with Crippen molar-refractivity contribution in [2.75, 3.05) is 6.54 Å². The van der Waals surface area contributed by atoms with Gasteiger partial charge in [0.05, 0.1) is 5.02 Å². The molecule has 1 saturated carbocycles. The van der Waals surface area contributed by atoms with Crippen molar-refractivity contribution in [3.63, 3.8) is 0 Å². The average molecular weight is 214 g/mol. The van der Waals surface area contributed by atoms with Gasteiger partial charge in [-0.3, -0.25) is 0 Å². The van der Waals surface area contributed by atoms with E-state index in [1.807, 2.05) is 6.07 Å². The third-order valence-electron chi connectivity index (χ3n) is 2.98. The maximum Gasteiger partial charge on any atom is 0.141 e. The van der Waals surface area contributed by atoms with Crippen LogP contribution in [-0.2, 0) is 0 Å². The summed E-state index contributed by atoms with van der Waals surface area (Å²) in [5.41, 5.74) is 6.68. The van der Waals surface area contributed by atoms with Gasteiger partial charge in [0.2, 0.25) is 0 Å². The Bertz CT molecular complexity index is 334. The molecule has 2 N–H and O–H groups in total. The van der Waals surface area contributed by atoms with Gasteiger partial charge >= 0.3 is 0 Å². The largest absolute Gasteiger partial charge is 0.330 e. The van der Waals surface area contributed by atoms with Gasteiger partial charge in [-0.25, -0.2) is 4.39 Å². The van der Waals surface area contributed by atoms with E-state index in [1.54, 1.807) is 6.07 Å². The van der Waals surface area contributed by atoms with E-state index < -0.39 is 0 Å². The van der Waals surface area contributed by atoms with Crippen LogP contribution < -0.4 is 5.73 Å². The first-order valence-electron chi connectivity index (χ1n) is 4.85. The Labute approximate surface area is 88.1 Å². The first-order valence-corrected chi connectivity index (χ1v) is 5.23. The van der Waals surface area contributed by atoms with Gasteiger partial charge in [0.15, 0.2) is 0 Å². The quantitative estimate of drug-likeness (QED) is 0.803. The molecule has 0 radical (unpaired) electrons. The van der Waals surface area contributed by atoms with Gasteiger partial charge in [-0.1, -0.05) is 17.7 Å². The molecule has 3 heteroatoms. The van der Waals surface area contributed by atoms with Gasteiger partial charge in [0.25, 0.3) is 0 Å². The van der Waals surface area contributed by atoms with Crippen LogP contribution in [0, 0.1) is 11.7 Å². The topological polar surface area (TPSA) is 26.0 Å². The normalized spacial score (nSPS) is 25.9. The van der Waals surface area contributed by atoms with E-state index in [4.69, 9.17) is 17.3 Å². The lowest BCUT2D eigenvalue weighted by molar-refractivity contribution is 0.272. The Morgan fingerprint density at radius 2 is 2.14 bits per heavy atom. The summed E-state index contributed by atoms with van der Waals surface area (Å²) in [6.07, 6.45) is 2.22.